The third-order valence-electron chi connectivity index (χ3n) is 12.2. The zero-order chi connectivity index (χ0) is 25.3. The Bertz CT molecular complexity index is 845. The van der Waals surface area contributed by atoms with Gasteiger partial charge in [-0.1, -0.05) is 59.3 Å². The first-order valence-electron chi connectivity index (χ1n) is 13.8. The Balaban J connectivity index is 1.63. The molecule has 3 N–H and O–H groups in total. The molecule has 0 aliphatic heterocycles. The smallest absolute Gasteiger partial charge is 0.116 e. The van der Waals surface area contributed by atoms with Gasteiger partial charge >= 0.3 is 0 Å². The van der Waals surface area contributed by atoms with E-state index in [1.165, 1.54) is 19.3 Å². The number of fused-ring (bicyclic) bond motifs is 4. The molecule has 0 spiro atoms. The SMILES string of the molecule is C=C(C)C(CC(O)[C@@H](C)[C@H]1CC[C@@]2(C)C3=C(CC[C@]12C)[C@@]1(C)CC[C@H](O)C(C)(C)[C@@H]1CC3)OO. The van der Waals surface area contributed by atoms with Crippen molar-refractivity contribution in [1.82, 2.24) is 0 Å². The van der Waals surface area contributed by atoms with Gasteiger partial charge in [-0.3, -0.25) is 5.26 Å². The fourth-order valence-electron chi connectivity index (χ4n) is 9.60. The van der Waals surface area contributed by atoms with E-state index in [1.807, 2.05) is 6.92 Å². The van der Waals surface area contributed by atoms with Crippen LogP contribution in [0.3, 0.4) is 0 Å². The van der Waals surface area contributed by atoms with Crippen molar-refractivity contribution < 1.29 is 20.4 Å². The fourth-order valence-corrected chi connectivity index (χ4v) is 9.60. The minimum Gasteiger partial charge on any atom is -0.393 e. The summed E-state index contributed by atoms with van der Waals surface area (Å²) in [5, 5.41) is 31.3. The Labute approximate surface area is 207 Å². The van der Waals surface area contributed by atoms with Crippen LogP contribution in [0, 0.1) is 39.4 Å². The maximum atomic E-state index is 11.2. The summed E-state index contributed by atoms with van der Waals surface area (Å²) in [5.74, 6) is 1.13. The van der Waals surface area contributed by atoms with Gasteiger partial charge < -0.3 is 10.2 Å². The molecule has 2 fully saturated rings. The molecule has 4 heteroatoms. The van der Waals surface area contributed by atoms with E-state index in [-0.39, 0.29) is 33.7 Å². The Kier molecular flexibility index (Phi) is 6.76. The van der Waals surface area contributed by atoms with Crippen molar-refractivity contribution in [2.75, 3.05) is 0 Å². The third-order valence-corrected chi connectivity index (χ3v) is 12.2. The van der Waals surface area contributed by atoms with Crippen molar-refractivity contribution in [3.05, 3.63) is 23.3 Å². The number of allylic oxidation sites excluding steroid dienone is 2. The lowest BCUT2D eigenvalue weighted by molar-refractivity contribution is -0.274. The lowest BCUT2D eigenvalue weighted by Gasteiger charge is -2.62. The maximum absolute atomic E-state index is 11.2. The standard InChI is InChI=1S/C30H50O4/c1-18(2)24(34-33)17-23(31)19(3)20-11-15-30(8)22-9-10-25-27(4,5)26(32)13-14-28(25,6)21(22)12-16-29(20,30)7/h19-20,23-26,31-33H,1,9-17H2,2-8H3/t19-,20+,23?,24?,25-,26-,28+,29+,30-/m0/s1. The first-order valence-corrected chi connectivity index (χ1v) is 13.8. The predicted octanol–water partition coefficient (Wildman–Crippen LogP) is 6.92. The second kappa shape index (κ2) is 8.71. The lowest BCUT2D eigenvalue weighted by Crippen LogP contribution is -2.55. The summed E-state index contributed by atoms with van der Waals surface area (Å²) in [6.45, 7) is 20.1. The Morgan fingerprint density at radius 2 is 1.71 bits per heavy atom. The molecule has 4 rings (SSSR count). The number of aliphatic hydroxyl groups is 2. The minimum absolute atomic E-state index is 0.0291. The van der Waals surface area contributed by atoms with E-state index in [2.05, 4.69) is 53.0 Å². The van der Waals surface area contributed by atoms with E-state index in [0.717, 1.165) is 37.7 Å². The zero-order valence-corrected chi connectivity index (χ0v) is 22.8. The van der Waals surface area contributed by atoms with Gasteiger partial charge in [0.05, 0.1) is 12.2 Å². The summed E-state index contributed by atoms with van der Waals surface area (Å²) in [5.41, 5.74) is 4.72. The highest BCUT2D eigenvalue weighted by Gasteiger charge is 2.63. The molecule has 0 heterocycles. The van der Waals surface area contributed by atoms with Crippen LogP contribution in [0.15, 0.2) is 23.3 Å². The molecular weight excluding hydrogens is 424 g/mol. The number of hydrogen-bond acceptors (Lipinski definition) is 4. The van der Waals surface area contributed by atoms with Crippen molar-refractivity contribution in [2.45, 2.75) is 125 Å². The van der Waals surface area contributed by atoms with Crippen LogP contribution in [0.2, 0.25) is 0 Å². The van der Waals surface area contributed by atoms with Crippen LogP contribution >= 0.6 is 0 Å². The molecule has 0 amide bonds. The first kappa shape index (κ1) is 26.4. The molecule has 0 bridgehead atoms. The number of hydrogen-bond donors (Lipinski definition) is 3. The molecule has 194 valence electrons. The quantitative estimate of drug-likeness (QED) is 0.222. The largest absolute Gasteiger partial charge is 0.393 e. The summed E-state index contributed by atoms with van der Waals surface area (Å²) in [6.07, 6.45) is 8.19. The third kappa shape index (κ3) is 3.61. The summed E-state index contributed by atoms with van der Waals surface area (Å²) in [7, 11) is 0. The fraction of sp³-hybridized carbons (Fsp3) is 0.867. The van der Waals surface area contributed by atoms with Gasteiger partial charge in [-0.15, -0.1) is 0 Å². The molecule has 0 saturated heterocycles. The van der Waals surface area contributed by atoms with Crippen molar-refractivity contribution in [1.29, 1.82) is 0 Å². The molecule has 2 unspecified atom stereocenters. The van der Waals surface area contributed by atoms with Gasteiger partial charge in [0.1, 0.15) is 6.10 Å². The van der Waals surface area contributed by atoms with Crippen molar-refractivity contribution in [2.24, 2.45) is 39.4 Å². The molecule has 0 aromatic heterocycles. The van der Waals surface area contributed by atoms with Crippen molar-refractivity contribution >= 4 is 0 Å². The van der Waals surface area contributed by atoms with Gasteiger partial charge in [0.2, 0.25) is 0 Å². The molecule has 0 aromatic carbocycles. The van der Waals surface area contributed by atoms with Gasteiger partial charge in [0.15, 0.2) is 0 Å². The minimum atomic E-state index is -0.526. The van der Waals surface area contributed by atoms with E-state index in [9.17, 15) is 15.5 Å². The van der Waals surface area contributed by atoms with E-state index in [1.54, 1.807) is 11.1 Å². The Morgan fingerprint density at radius 1 is 1.03 bits per heavy atom. The highest BCUT2D eigenvalue weighted by molar-refractivity contribution is 5.38. The van der Waals surface area contributed by atoms with Crippen LogP contribution in [-0.2, 0) is 4.89 Å². The molecule has 4 aliphatic rings. The van der Waals surface area contributed by atoms with Crippen LogP contribution < -0.4 is 0 Å². The maximum Gasteiger partial charge on any atom is 0.116 e. The van der Waals surface area contributed by atoms with Crippen LogP contribution in [-0.4, -0.2) is 33.8 Å². The van der Waals surface area contributed by atoms with Crippen LogP contribution in [0.25, 0.3) is 0 Å². The van der Waals surface area contributed by atoms with E-state index in [4.69, 9.17) is 0 Å². The monoisotopic (exact) mass is 474 g/mol. The summed E-state index contributed by atoms with van der Waals surface area (Å²) in [6, 6.07) is 0. The predicted molar refractivity (Wildman–Crippen MR) is 137 cm³/mol. The van der Waals surface area contributed by atoms with Gasteiger partial charge in [0, 0.05) is 6.42 Å². The molecule has 2 saturated carbocycles. The number of aliphatic hydroxyl groups excluding tert-OH is 2. The second-order valence-electron chi connectivity index (χ2n) is 13.8. The van der Waals surface area contributed by atoms with Gasteiger partial charge in [-0.2, -0.15) is 0 Å². The topological polar surface area (TPSA) is 69.9 Å². The van der Waals surface area contributed by atoms with Crippen LogP contribution in [0.4, 0.5) is 0 Å². The zero-order valence-electron chi connectivity index (χ0n) is 22.8. The van der Waals surface area contributed by atoms with Gasteiger partial charge in [-0.25, -0.2) is 4.89 Å². The van der Waals surface area contributed by atoms with Crippen LogP contribution in [0.5, 0.6) is 0 Å². The Hall–Kier alpha value is -0.680. The molecule has 9 atom stereocenters. The van der Waals surface area contributed by atoms with E-state index in [0.29, 0.717) is 18.3 Å². The Morgan fingerprint density at radius 3 is 2.32 bits per heavy atom. The highest BCUT2D eigenvalue weighted by Crippen LogP contribution is 2.72. The summed E-state index contributed by atoms with van der Waals surface area (Å²) < 4.78 is 0. The van der Waals surface area contributed by atoms with Gasteiger partial charge in [-0.05, 0) is 103 Å². The van der Waals surface area contributed by atoms with E-state index < -0.39 is 12.2 Å². The van der Waals surface area contributed by atoms with Crippen LogP contribution in [0.1, 0.15) is 106 Å². The molecule has 4 aliphatic carbocycles. The molecule has 34 heavy (non-hydrogen) atoms. The first-order chi connectivity index (χ1) is 15.7. The van der Waals surface area contributed by atoms with Crippen molar-refractivity contribution in [3.8, 4) is 0 Å². The van der Waals surface area contributed by atoms with Crippen molar-refractivity contribution in [3.63, 3.8) is 0 Å². The molecular formula is C30H50O4. The summed E-state index contributed by atoms with van der Waals surface area (Å²) in [4.78, 5) is 4.62. The number of rotatable bonds is 6. The molecule has 0 radical (unpaired) electrons. The highest BCUT2D eigenvalue weighted by atomic mass is 17.1. The molecule has 4 nitrogen and oxygen atoms in total. The normalized spacial score (nSPS) is 44.0. The lowest BCUT2D eigenvalue weighted by atomic mass is 9.43. The average molecular weight is 475 g/mol. The van der Waals surface area contributed by atoms with Gasteiger partial charge in [0.25, 0.3) is 0 Å². The average Bonchev–Trinajstić information content (AvgIpc) is 3.05. The second-order valence-corrected chi connectivity index (χ2v) is 13.8. The molecule has 0 aromatic rings. The van der Waals surface area contributed by atoms with E-state index >= 15 is 0 Å². The summed E-state index contributed by atoms with van der Waals surface area (Å²) >= 11 is 0.